The minimum Gasteiger partial charge on any atom is -0.449 e. The van der Waals surface area contributed by atoms with E-state index in [1.807, 2.05) is 13.8 Å². The average Bonchev–Trinajstić information content (AvgIpc) is 2.15. The highest BCUT2D eigenvalue weighted by Crippen LogP contribution is 2.04. The van der Waals surface area contributed by atoms with Gasteiger partial charge in [-0.15, -0.1) is 0 Å². The second-order valence-corrected chi connectivity index (χ2v) is 3.36. The molecule has 1 aliphatic rings. The molecule has 1 atom stereocenters. The molecule has 76 valence electrons. The van der Waals surface area contributed by atoms with Gasteiger partial charge in [0.05, 0.1) is 6.61 Å². The first-order valence-electron chi connectivity index (χ1n) is 4.89. The summed E-state index contributed by atoms with van der Waals surface area (Å²) in [5, 5.41) is 3.23. The van der Waals surface area contributed by atoms with E-state index in [2.05, 4.69) is 5.32 Å². The summed E-state index contributed by atoms with van der Waals surface area (Å²) in [6.07, 6.45) is 0.711. The molecule has 1 fully saturated rings. The average molecular weight is 186 g/mol. The van der Waals surface area contributed by atoms with Crippen molar-refractivity contribution in [2.24, 2.45) is 0 Å². The van der Waals surface area contributed by atoms with Crippen LogP contribution in [0.5, 0.6) is 0 Å². The fraction of sp³-hybridized carbons (Fsp3) is 0.889. The van der Waals surface area contributed by atoms with Crippen LogP contribution in [-0.4, -0.2) is 43.3 Å². The zero-order chi connectivity index (χ0) is 9.68. The Labute approximate surface area is 79.2 Å². The van der Waals surface area contributed by atoms with Gasteiger partial charge in [-0.25, -0.2) is 4.79 Å². The van der Waals surface area contributed by atoms with Gasteiger partial charge in [0.15, 0.2) is 0 Å². The number of nitrogens with one attached hydrogen (secondary N) is 1. The molecule has 0 aliphatic carbocycles. The van der Waals surface area contributed by atoms with Crippen molar-refractivity contribution in [2.45, 2.75) is 26.3 Å². The highest BCUT2D eigenvalue weighted by Gasteiger charge is 2.23. The molecule has 0 saturated carbocycles. The number of amides is 1. The molecule has 0 radical (unpaired) electrons. The van der Waals surface area contributed by atoms with Crippen molar-refractivity contribution in [3.05, 3.63) is 0 Å². The zero-order valence-electron chi connectivity index (χ0n) is 8.38. The van der Waals surface area contributed by atoms with Gasteiger partial charge in [-0.2, -0.15) is 0 Å². The van der Waals surface area contributed by atoms with Crippen molar-refractivity contribution in [2.75, 3.05) is 26.2 Å². The van der Waals surface area contributed by atoms with Crippen LogP contribution in [-0.2, 0) is 4.74 Å². The first-order chi connectivity index (χ1) is 6.25. The first kappa shape index (κ1) is 10.3. The van der Waals surface area contributed by atoms with E-state index < -0.39 is 0 Å². The predicted octanol–water partition coefficient (Wildman–Crippen LogP) is 0.827. The lowest BCUT2D eigenvalue weighted by molar-refractivity contribution is 0.0813. The monoisotopic (exact) mass is 186 g/mol. The lowest BCUT2D eigenvalue weighted by atomic mass is 10.2. The van der Waals surface area contributed by atoms with Crippen molar-refractivity contribution in [3.8, 4) is 0 Å². The number of carbonyl (C=O) groups is 1. The maximum absolute atomic E-state index is 11.4. The molecule has 0 aromatic rings. The molecule has 1 aliphatic heterocycles. The number of hydrogen-bond donors (Lipinski definition) is 1. The topological polar surface area (TPSA) is 41.6 Å². The summed E-state index contributed by atoms with van der Waals surface area (Å²) in [5.41, 5.74) is 0. The molecular formula is C9H18N2O2. The molecule has 1 N–H and O–H groups in total. The van der Waals surface area contributed by atoms with Crippen LogP contribution in [0.1, 0.15) is 20.3 Å². The molecule has 1 amide bonds. The van der Waals surface area contributed by atoms with Gasteiger partial charge in [-0.05, 0) is 13.3 Å². The van der Waals surface area contributed by atoms with E-state index in [1.165, 1.54) is 0 Å². The summed E-state index contributed by atoms with van der Waals surface area (Å²) in [5.74, 6) is 0. The SMILES string of the molecule is CCCOC(=O)N1CCNC[C@@H]1C. The highest BCUT2D eigenvalue weighted by atomic mass is 16.6. The summed E-state index contributed by atoms with van der Waals surface area (Å²) in [6.45, 7) is 7.03. The van der Waals surface area contributed by atoms with Crippen LogP contribution in [0.25, 0.3) is 0 Å². The van der Waals surface area contributed by atoms with E-state index in [4.69, 9.17) is 4.74 Å². The first-order valence-corrected chi connectivity index (χ1v) is 4.89. The third kappa shape index (κ3) is 2.88. The molecular weight excluding hydrogens is 168 g/mol. The van der Waals surface area contributed by atoms with Crippen LogP contribution in [0.4, 0.5) is 4.79 Å². The van der Waals surface area contributed by atoms with E-state index in [-0.39, 0.29) is 12.1 Å². The van der Waals surface area contributed by atoms with E-state index in [9.17, 15) is 4.79 Å². The Morgan fingerprint density at radius 3 is 3.08 bits per heavy atom. The fourth-order valence-corrected chi connectivity index (χ4v) is 1.38. The summed E-state index contributed by atoms with van der Waals surface area (Å²) >= 11 is 0. The number of carbonyl (C=O) groups excluding carboxylic acids is 1. The Balaban J connectivity index is 2.35. The number of hydrogen-bond acceptors (Lipinski definition) is 3. The van der Waals surface area contributed by atoms with Crippen LogP contribution in [0.2, 0.25) is 0 Å². The van der Waals surface area contributed by atoms with Gasteiger partial charge >= 0.3 is 6.09 Å². The minimum atomic E-state index is -0.171. The van der Waals surface area contributed by atoms with Gasteiger partial charge in [-0.3, -0.25) is 0 Å². The van der Waals surface area contributed by atoms with Crippen LogP contribution in [0, 0.1) is 0 Å². The summed E-state index contributed by atoms with van der Waals surface area (Å²) in [6, 6.07) is 0.248. The van der Waals surface area contributed by atoms with Crippen LogP contribution in [0.3, 0.4) is 0 Å². The summed E-state index contributed by atoms with van der Waals surface area (Å²) < 4.78 is 5.06. The van der Waals surface area contributed by atoms with Crippen molar-refractivity contribution in [3.63, 3.8) is 0 Å². The maximum Gasteiger partial charge on any atom is 0.410 e. The second kappa shape index (κ2) is 5.07. The summed E-state index contributed by atoms with van der Waals surface area (Å²) in [4.78, 5) is 13.2. The fourth-order valence-electron chi connectivity index (χ4n) is 1.38. The molecule has 4 heteroatoms. The molecule has 0 spiro atoms. The Morgan fingerprint density at radius 1 is 1.69 bits per heavy atom. The van der Waals surface area contributed by atoms with Gasteiger partial charge < -0.3 is 15.0 Å². The molecule has 1 rings (SSSR count). The van der Waals surface area contributed by atoms with Crippen LogP contribution in [0.15, 0.2) is 0 Å². The Bertz CT molecular complexity index is 173. The van der Waals surface area contributed by atoms with Gasteiger partial charge in [0.2, 0.25) is 0 Å². The molecule has 0 bridgehead atoms. The zero-order valence-corrected chi connectivity index (χ0v) is 8.38. The molecule has 0 unspecified atom stereocenters. The lowest BCUT2D eigenvalue weighted by Gasteiger charge is -2.32. The molecule has 1 heterocycles. The largest absolute Gasteiger partial charge is 0.449 e. The normalized spacial score (nSPS) is 22.9. The molecule has 13 heavy (non-hydrogen) atoms. The van der Waals surface area contributed by atoms with Gasteiger partial charge in [0, 0.05) is 25.7 Å². The van der Waals surface area contributed by atoms with Crippen LogP contribution >= 0.6 is 0 Å². The van der Waals surface area contributed by atoms with Crippen LogP contribution < -0.4 is 5.32 Å². The van der Waals surface area contributed by atoms with Crippen molar-refractivity contribution >= 4 is 6.09 Å². The molecule has 0 aromatic heterocycles. The minimum absolute atomic E-state index is 0.171. The number of ether oxygens (including phenoxy) is 1. The van der Waals surface area contributed by atoms with E-state index in [0.717, 1.165) is 26.1 Å². The second-order valence-electron chi connectivity index (χ2n) is 3.36. The van der Waals surface area contributed by atoms with Crippen molar-refractivity contribution < 1.29 is 9.53 Å². The third-order valence-corrected chi connectivity index (χ3v) is 2.17. The maximum atomic E-state index is 11.4. The molecule has 1 saturated heterocycles. The quantitative estimate of drug-likeness (QED) is 0.694. The van der Waals surface area contributed by atoms with Gasteiger partial charge in [-0.1, -0.05) is 6.92 Å². The predicted molar refractivity (Wildman–Crippen MR) is 50.7 cm³/mol. The molecule has 4 nitrogen and oxygen atoms in total. The van der Waals surface area contributed by atoms with E-state index in [1.54, 1.807) is 4.90 Å². The smallest absolute Gasteiger partial charge is 0.410 e. The number of rotatable bonds is 2. The lowest BCUT2D eigenvalue weighted by Crippen LogP contribution is -2.52. The van der Waals surface area contributed by atoms with E-state index >= 15 is 0 Å². The Hall–Kier alpha value is -0.770. The molecule has 0 aromatic carbocycles. The number of piperazine rings is 1. The van der Waals surface area contributed by atoms with E-state index in [0.29, 0.717) is 6.61 Å². The van der Waals surface area contributed by atoms with Gasteiger partial charge in [0.1, 0.15) is 0 Å². The highest BCUT2D eigenvalue weighted by molar-refractivity contribution is 5.68. The number of nitrogens with zero attached hydrogens (tertiary/aromatic N) is 1. The van der Waals surface area contributed by atoms with Crippen molar-refractivity contribution in [1.29, 1.82) is 0 Å². The van der Waals surface area contributed by atoms with Crippen molar-refractivity contribution in [1.82, 2.24) is 10.2 Å². The van der Waals surface area contributed by atoms with Gasteiger partial charge in [0.25, 0.3) is 0 Å². The Morgan fingerprint density at radius 2 is 2.46 bits per heavy atom. The third-order valence-electron chi connectivity index (χ3n) is 2.17. The summed E-state index contributed by atoms with van der Waals surface area (Å²) in [7, 11) is 0. The standard InChI is InChI=1S/C9H18N2O2/c1-3-6-13-9(12)11-5-4-10-7-8(11)2/h8,10H,3-7H2,1-2H3/t8-/m0/s1. The Kier molecular flexibility index (Phi) is 4.02.